The number of nitro benzene ring substituents is 1. The second kappa shape index (κ2) is 8.55. The van der Waals surface area contributed by atoms with Gasteiger partial charge in [0.15, 0.2) is 0 Å². The van der Waals surface area contributed by atoms with Gasteiger partial charge in [0.25, 0.3) is 5.69 Å². The largest absolute Gasteiger partial charge is 0.337 e. The first-order valence-electron chi connectivity index (χ1n) is 8.69. The summed E-state index contributed by atoms with van der Waals surface area (Å²) in [6, 6.07) is 12.6. The molecule has 0 spiro atoms. The number of hydrogen-bond acceptors (Lipinski definition) is 4. The first-order valence-corrected chi connectivity index (χ1v) is 8.69. The van der Waals surface area contributed by atoms with Crippen molar-refractivity contribution in [3.63, 3.8) is 0 Å². The summed E-state index contributed by atoms with van der Waals surface area (Å²) >= 11 is 0. The van der Waals surface area contributed by atoms with Crippen LogP contribution in [-0.4, -0.2) is 46.8 Å². The number of carbonyl (C=O) groups excluding carboxylic acids is 1. The van der Waals surface area contributed by atoms with E-state index in [0.717, 1.165) is 25.2 Å². The standard InChI is InChI=1S/C20H20FN3O3/c21-18-7-4-17(5-8-18)15-22-10-12-23(13-11-22)20(25)9-6-16-2-1-3-19(14-16)24(26)27/h1-9,14H,10-13,15H2/b9-6+. The Balaban J connectivity index is 1.51. The highest BCUT2D eigenvalue weighted by Crippen LogP contribution is 2.15. The first-order chi connectivity index (χ1) is 13.0. The normalized spacial score (nSPS) is 15.2. The number of rotatable bonds is 5. The van der Waals surface area contributed by atoms with Gasteiger partial charge in [0, 0.05) is 50.9 Å². The van der Waals surface area contributed by atoms with Gasteiger partial charge in [0.05, 0.1) is 4.92 Å². The average Bonchev–Trinajstić information content (AvgIpc) is 2.68. The van der Waals surface area contributed by atoms with E-state index in [-0.39, 0.29) is 17.4 Å². The molecular weight excluding hydrogens is 349 g/mol. The third-order valence-corrected chi connectivity index (χ3v) is 4.50. The predicted octanol–water partition coefficient (Wildman–Crippen LogP) is 3.09. The highest BCUT2D eigenvalue weighted by molar-refractivity contribution is 5.91. The Kier molecular flexibility index (Phi) is 5.93. The minimum Gasteiger partial charge on any atom is -0.337 e. The minimum absolute atomic E-state index is 0.000920. The van der Waals surface area contributed by atoms with Crippen molar-refractivity contribution in [3.05, 3.63) is 81.7 Å². The van der Waals surface area contributed by atoms with E-state index in [2.05, 4.69) is 4.90 Å². The maximum absolute atomic E-state index is 13.0. The topological polar surface area (TPSA) is 66.7 Å². The van der Waals surface area contributed by atoms with Gasteiger partial charge in [-0.2, -0.15) is 0 Å². The number of nitro groups is 1. The van der Waals surface area contributed by atoms with E-state index >= 15 is 0 Å². The third-order valence-electron chi connectivity index (χ3n) is 4.50. The van der Waals surface area contributed by atoms with Gasteiger partial charge in [-0.25, -0.2) is 4.39 Å². The van der Waals surface area contributed by atoms with Crippen molar-refractivity contribution in [1.29, 1.82) is 0 Å². The van der Waals surface area contributed by atoms with E-state index in [1.54, 1.807) is 35.2 Å². The van der Waals surface area contributed by atoms with Crippen LogP contribution in [-0.2, 0) is 11.3 Å². The van der Waals surface area contributed by atoms with Crippen molar-refractivity contribution in [1.82, 2.24) is 9.80 Å². The zero-order valence-electron chi connectivity index (χ0n) is 14.8. The molecule has 1 amide bonds. The molecule has 2 aromatic rings. The molecule has 0 aliphatic carbocycles. The fraction of sp³-hybridized carbons (Fsp3) is 0.250. The van der Waals surface area contributed by atoms with E-state index in [1.807, 2.05) is 0 Å². The number of carbonyl (C=O) groups is 1. The van der Waals surface area contributed by atoms with E-state index in [4.69, 9.17) is 0 Å². The summed E-state index contributed by atoms with van der Waals surface area (Å²) in [7, 11) is 0. The zero-order valence-corrected chi connectivity index (χ0v) is 14.8. The number of halogens is 1. The monoisotopic (exact) mass is 369 g/mol. The molecular formula is C20H20FN3O3. The number of piperazine rings is 1. The van der Waals surface area contributed by atoms with Crippen molar-refractivity contribution in [2.75, 3.05) is 26.2 Å². The molecule has 0 aromatic heterocycles. The fourth-order valence-corrected chi connectivity index (χ4v) is 2.99. The lowest BCUT2D eigenvalue weighted by molar-refractivity contribution is -0.384. The SMILES string of the molecule is O=C(/C=C/c1cccc([N+](=O)[O-])c1)N1CCN(Cc2ccc(F)cc2)CC1. The molecule has 1 fully saturated rings. The molecule has 0 saturated carbocycles. The van der Waals surface area contributed by atoms with E-state index in [9.17, 15) is 19.3 Å². The molecule has 0 unspecified atom stereocenters. The molecule has 3 rings (SSSR count). The number of non-ortho nitro benzene ring substituents is 1. The van der Waals surface area contributed by atoms with Crippen LogP contribution in [0.15, 0.2) is 54.6 Å². The van der Waals surface area contributed by atoms with Crippen LogP contribution >= 0.6 is 0 Å². The van der Waals surface area contributed by atoms with Crippen LogP contribution in [0, 0.1) is 15.9 Å². The Hall–Kier alpha value is -3.06. The molecule has 1 aliphatic heterocycles. The summed E-state index contributed by atoms with van der Waals surface area (Å²) in [5, 5.41) is 10.8. The summed E-state index contributed by atoms with van der Waals surface area (Å²) in [6.07, 6.45) is 3.05. The third kappa shape index (κ3) is 5.21. The molecule has 0 atom stereocenters. The van der Waals surface area contributed by atoms with Gasteiger partial charge in [-0.3, -0.25) is 19.8 Å². The van der Waals surface area contributed by atoms with Crippen molar-refractivity contribution in [3.8, 4) is 0 Å². The number of amides is 1. The molecule has 1 aliphatic rings. The van der Waals surface area contributed by atoms with Gasteiger partial charge in [0.1, 0.15) is 5.82 Å². The molecule has 7 heteroatoms. The van der Waals surface area contributed by atoms with Gasteiger partial charge in [-0.1, -0.05) is 24.3 Å². The van der Waals surface area contributed by atoms with Crippen LogP contribution < -0.4 is 0 Å². The van der Waals surface area contributed by atoms with E-state index < -0.39 is 4.92 Å². The Morgan fingerprint density at radius 1 is 1.11 bits per heavy atom. The minimum atomic E-state index is -0.459. The zero-order chi connectivity index (χ0) is 19.2. The van der Waals surface area contributed by atoms with Crippen molar-refractivity contribution in [2.24, 2.45) is 0 Å². The van der Waals surface area contributed by atoms with Crippen LogP contribution in [0.1, 0.15) is 11.1 Å². The summed E-state index contributed by atoms with van der Waals surface area (Å²) in [5.41, 5.74) is 1.66. The summed E-state index contributed by atoms with van der Waals surface area (Å²) in [5.74, 6) is -0.354. The molecule has 2 aromatic carbocycles. The van der Waals surface area contributed by atoms with Crippen molar-refractivity contribution >= 4 is 17.7 Å². The highest BCUT2D eigenvalue weighted by Gasteiger charge is 2.19. The average molecular weight is 369 g/mol. The molecule has 0 radical (unpaired) electrons. The quantitative estimate of drug-likeness (QED) is 0.461. The Morgan fingerprint density at radius 3 is 2.48 bits per heavy atom. The fourth-order valence-electron chi connectivity index (χ4n) is 2.99. The Labute approximate surface area is 156 Å². The molecule has 140 valence electrons. The smallest absolute Gasteiger partial charge is 0.270 e. The second-order valence-corrected chi connectivity index (χ2v) is 6.41. The molecule has 0 N–H and O–H groups in total. The number of hydrogen-bond donors (Lipinski definition) is 0. The van der Waals surface area contributed by atoms with E-state index in [0.29, 0.717) is 18.7 Å². The van der Waals surface area contributed by atoms with Gasteiger partial charge >= 0.3 is 0 Å². The van der Waals surface area contributed by atoms with Crippen LogP contribution in [0.25, 0.3) is 6.08 Å². The Morgan fingerprint density at radius 2 is 1.81 bits per heavy atom. The molecule has 6 nitrogen and oxygen atoms in total. The summed E-state index contributed by atoms with van der Waals surface area (Å²) < 4.78 is 13.0. The maximum atomic E-state index is 13.0. The number of benzene rings is 2. The van der Waals surface area contributed by atoms with Crippen LogP contribution in [0.2, 0.25) is 0 Å². The molecule has 27 heavy (non-hydrogen) atoms. The maximum Gasteiger partial charge on any atom is 0.270 e. The van der Waals surface area contributed by atoms with Gasteiger partial charge < -0.3 is 4.90 Å². The van der Waals surface area contributed by atoms with Gasteiger partial charge in [0.2, 0.25) is 5.91 Å². The first kappa shape index (κ1) is 18.7. The van der Waals surface area contributed by atoms with Crippen molar-refractivity contribution in [2.45, 2.75) is 6.54 Å². The Bertz CT molecular complexity index is 844. The lowest BCUT2D eigenvalue weighted by Gasteiger charge is -2.34. The second-order valence-electron chi connectivity index (χ2n) is 6.41. The van der Waals surface area contributed by atoms with Crippen molar-refractivity contribution < 1.29 is 14.1 Å². The summed E-state index contributed by atoms with van der Waals surface area (Å²) in [4.78, 5) is 26.7. The lowest BCUT2D eigenvalue weighted by atomic mass is 10.1. The van der Waals surface area contributed by atoms with Crippen LogP contribution in [0.3, 0.4) is 0 Å². The van der Waals surface area contributed by atoms with Crippen LogP contribution in [0.4, 0.5) is 10.1 Å². The lowest BCUT2D eigenvalue weighted by Crippen LogP contribution is -2.47. The van der Waals surface area contributed by atoms with Crippen LogP contribution in [0.5, 0.6) is 0 Å². The highest BCUT2D eigenvalue weighted by atomic mass is 19.1. The number of nitrogens with zero attached hydrogens (tertiary/aromatic N) is 3. The summed E-state index contributed by atoms with van der Waals surface area (Å²) in [6.45, 7) is 3.44. The molecule has 1 saturated heterocycles. The van der Waals surface area contributed by atoms with Gasteiger partial charge in [-0.15, -0.1) is 0 Å². The molecule has 1 heterocycles. The van der Waals surface area contributed by atoms with Gasteiger partial charge in [-0.05, 0) is 29.3 Å². The predicted molar refractivity (Wildman–Crippen MR) is 100 cm³/mol. The van der Waals surface area contributed by atoms with E-state index in [1.165, 1.54) is 30.3 Å². The molecule has 0 bridgehead atoms.